The first-order valence-electron chi connectivity index (χ1n) is 6.99. The van der Waals surface area contributed by atoms with Gasteiger partial charge in [0.05, 0.1) is 12.1 Å². The molecule has 1 aromatic heterocycles. The van der Waals surface area contributed by atoms with Crippen LogP contribution in [0.15, 0.2) is 49.6 Å². The average Bonchev–Trinajstić information content (AvgIpc) is 3.02. The predicted octanol–water partition coefficient (Wildman–Crippen LogP) is 2.26. The van der Waals surface area contributed by atoms with Crippen molar-refractivity contribution in [3.8, 4) is 0 Å². The predicted molar refractivity (Wildman–Crippen MR) is 81.8 cm³/mol. The summed E-state index contributed by atoms with van der Waals surface area (Å²) in [6, 6.07) is 8.05. The Bertz CT molecular complexity index is 589. The smallest absolute Gasteiger partial charge is 0.243 e. The van der Waals surface area contributed by atoms with Crippen LogP contribution in [-0.2, 0) is 4.79 Å². The minimum atomic E-state index is -0.181. The maximum atomic E-state index is 11.7. The second-order valence-corrected chi connectivity index (χ2v) is 4.96. The minimum Gasteiger partial charge on any atom is -0.347 e. The van der Waals surface area contributed by atoms with Crippen molar-refractivity contribution >= 4 is 5.91 Å². The van der Waals surface area contributed by atoms with Gasteiger partial charge in [-0.15, -0.1) is 0 Å². The number of carbonyl (C=O) groups excluding carboxylic acids is 1. The number of aryl methyl sites for hydroxylation is 1. The molecule has 0 saturated heterocycles. The number of rotatable bonds is 6. The van der Waals surface area contributed by atoms with Gasteiger partial charge >= 0.3 is 0 Å². The van der Waals surface area contributed by atoms with Gasteiger partial charge in [-0.3, -0.25) is 4.79 Å². The van der Waals surface area contributed by atoms with Crippen LogP contribution in [0.2, 0.25) is 0 Å². The Morgan fingerprint density at radius 1 is 1.43 bits per heavy atom. The Balaban J connectivity index is 2.37. The summed E-state index contributed by atoms with van der Waals surface area (Å²) < 4.78 is 1.78. The van der Waals surface area contributed by atoms with Crippen LogP contribution in [-0.4, -0.2) is 26.7 Å². The lowest BCUT2D eigenvalue weighted by atomic mass is 9.96. The van der Waals surface area contributed by atoms with Crippen molar-refractivity contribution in [2.24, 2.45) is 0 Å². The van der Waals surface area contributed by atoms with Gasteiger partial charge in [-0.2, -0.15) is 5.10 Å². The summed E-state index contributed by atoms with van der Waals surface area (Å²) in [6.45, 7) is 7.59. The van der Waals surface area contributed by atoms with E-state index in [-0.39, 0.29) is 18.0 Å². The van der Waals surface area contributed by atoms with Crippen molar-refractivity contribution in [1.82, 2.24) is 20.1 Å². The van der Waals surface area contributed by atoms with Crippen molar-refractivity contribution in [3.63, 3.8) is 0 Å². The summed E-state index contributed by atoms with van der Waals surface area (Å²) in [7, 11) is 0. The van der Waals surface area contributed by atoms with Crippen LogP contribution in [0.4, 0.5) is 0 Å². The highest BCUT2D eigenvalue weighted by Gasteiger charge is 2.25. The highest BCUT2D eigenvalue weighted by molar-refractivity contribution is 5.87. The second-order valence-electron chi connectivity index (χ2n) is 4.96. The first kappa shape index (κ1) is 15.0. The number of benzene rings is 1. The first-order chi connectivity index (χ1) is 10.2. The van der Waals surface area contributed by atoms with Crippen LogP contribution < -0.4 is 5.32 Å². The molecule has 1 aromatic carbocycles. The van der Waals surface area contributed by atoms with Gasteiger partial charge in [0, 0.05) is 0 Å². The zero-order valence-corrected chi connectivity index (χ0v) is 12.4. The molecule has 110 valence electrons. The van der Waals surface area contributed by atoms with Crippen molar-refractivity contribution < 1.29 is 4.79 Å². The van der Waals surface area contributed by atoms with E-state index >= 15 is 0 Å². The number of nitrogens with zero attached hydrogens (tertiary/aromatic N) is 3. The van der Waals surface area contributed by atoms with Crippen molar-refractivity contribution in [3.05, 3.63) is 60.7 Å². The van der Waals surface area contributed by atoms with Gasteiger partial charge in [-0.1, -0.05) is 43.3 Å². The first-order valence-corrected chi connectivity index (χ1v) is 6.99. The molecule has 21 heavy (non-hydrogen) atoms. The van der Waals surface area contributed by atoms with Gasteiger partial charge < -0.3 is 5.32 Å². The monoisotopic (exact) mass is 284 g/mol. The van der Waals surface area contributed by atoms with E-state index in [1.165, 1.54) is 18.0 Å². The average molecular weight is 284 g/mol. The van der Waals surface area contributed by atoms with E-state index in [2.05, 4.69) is 46.2 Å². The third kappa shape index (κ3) is 3.56. The van der Waals surface area contributed by atoms with E-state index in [4.69, 9.17) is 0 Å². The highest BCUT2D eigenvalue weighted by atomic mass is 16.1. The van der Waals surface area contributed by atoms with Gasteiger partial charge in [-0.05, 0) is 25.0 Å². The number of aromatic nitrogens is 3. The summed E-state index contributed by atoms with van der Waals surface area (Å²) in [4.78, 5) is 15.7. The van der Waals surface area contributed by atoms with Gasteiger partial charge in [0.25, 0.3) is 0 Å². The molecule has 2 aromatic rings. The summed E-state index contributed by atoms with van der Waals surface area (Å²) >= 11 is 0. The third-order valence-corrected chi connectivity index (χ3v) is 3.47. The molecule has 5 heteroatoms. The molecule has 0 spiro atoms. The van der Waals surface area contributed by atoms with Gasteiger partial charge in [0.15, 0.2) is 0 Å². The Labute approximate surface area is 124 Å². The van der Waals surface area contributed by atoms with E-state index in [1.54, 1.807) is 11.0 Å². The molecule has 5 nitrogen and oxygen atoms in total. The van der Waals surface area contributed by atoms with E-state index in [0.717, 1.165) is 12.0 Å². The number of nitrogens with one attached hydrogen (secondary N) is 1. The molecule has 0 fully saturated rings. The maximum absolute atomic E-state index is 11.7. The number of hydrogen-bond acceptors (Lipinski definition) is 3. The molecule has 0 aliphatic rings. The fourth-order valence-electron chi connectivity index (χ4n) is 2.34. The quantitative estimate of drug-likeness (QED) is 0.828. The largest absolute Gasteiger partial charge is 0.347 e. The fourth-order valence-corrected chi connectivity index (χ4v) is 2.34. The van der Waals surface area contributed by atoms with Crippen LogP contribution in [0.1, 0.15) is 30.5 Å². The Morgan fingerprint density at radius 3 is 2.67 bits per heavy atom. The number of carbonyl (C=O) groups is 1. The normalized spacial score (nSPS) is 13.4. The molecule has 0 radical (unpaired) electrons. The molecular formula is C16H20N4O. The fraction of sp³-hybridized carbons (Fsp3) is 0.312. The molecular weight excluding hydrogens is 264 g/mol. The minimum absolute atomic E-state index is 0.0834. The molecule has 0 unspecified atom stereocenters. The van der Waals surface area contributed by atoms with E-state index in [9.17, 15) is 4.79 Å². The lowest BCUT2D eigenvalue weighted by Gasteiger charge is -2.27. The summed E-state index contributed by atoms with van der Waals surface area (Å²) in [5, 5.41) is 7.22. The van der Waals surface area contributed by atoms with Crippen LogP contribution in [0.25, 0.3) is 0 Å². The van der Waals surface area contributed by atoms with Crippen molar-refractivity contribution in [2.75, 3.05) is 0 Å². The lowest BCUT2D eigenvalue weighted by molar-refractivity contribution is -0.117. The van der Waals surface area contributed by atoms with Crippen LogP contribution >= 0.6 is 0 Å². The van der Waals surface area contributed by atoms with E-state index in [0.29, 0.717) is 0 Å². The molecule has 0 aliphatic heterocycles. The summed E-state index contributed by atoms with van der Waals surface area (Å²) in [5.41, 5.74) is 2.28. The molecule has 0 saturated carbocycles. The summed E-state index contributed by atoms with van der Waals surface area (Å²) in [6.07, 6.45) is 5.24. The SMILES string of the molecule is C=CC(=O)N[C@@H](CC)[C@H](c1ccc(C)cc1)n1cncn1. The van der Waals surface area contributed by atoms with Gasteiger partial charge in [0.1, 0.15) is 12.7 Å². The molecule has 1 amide bonds. The van der Waals surface area contributed by atoms with Gasteiger partial charge in [-0.25, -0.2) is 9.67 Å². The Morgan fingerprint density at radius 2 is 2.14 bits per heavy atom. The Hall–Kier alpha value is -2.43. The van der Waals surface area contributed by atoms with Crippen LogP contribution in [0, 0.1) is 6.92 Å². The number of hydrogen-bond donors (Lipinski definition) is 1. The molecule has 1 heterocycles. The van der Waals surface area contributed by atoms with E-state index < -0.39 is 0 Å². The molecule has 1 N–H and O–H groups in total. The van der Waals surface area contributed by atoms with Crippen LogP contribution in [0.5, 0.6) is 0 Å². The maximum Gasteiger partial charge on any atom is 0.243 e. The van der Waals surface area contributed by atoms with Crippen molar-refractivity contribution in [1.29, 1.82) is 0 Å². The molecule has 0 bridgehead atoms. The highest BCUT2D eigenvalue weighted by Crippen LogP contribution is 2.23. The van der Waals surface area contributed by atoms with E-state index in [1.807, 2.05) is 13.8 Å². The topological polar surface area (TPSA) is 59.8 Å². The standard InChI is InChI=1S/C16H20N4O/c1-4-14(19-15(21)5-2)16(20-11-17-10-18-20)13-8-6-12(3)7-9-13/h5-11,14,16H,2,4H2,1,3H3,(H,19,21)/t14-,16-/m0/s1. The van der Waals surface area contributed by atoms with Gasteiger partial charge in [0.2, 0.25) is 5.91 Å². The zero-order chi connectivity index (χ0) is 15.2. The lowest BCUT2D eigenvalue weighted by Crippen LogP contribution is -2.40. The molecule has 0 aliphatic carbocycles. The molecule has 2 atom stereocenters. The summed E-state index contributed by atoms with van der Waals surface area (Å²) in [5.74, 6) is -0.181. The second kappa shape index (κ2) is 6.83. The number of amides is 1. The molecule has 2 rings (SSSR count). The zero-order valence-electron chi connectivity index (χ0n) is 12.4. The third-order valence-electron chi connectivity index (χ3n) is 3.47. The Kier molecular flexibility index (Phi) is 4.87. The van der Waals surface area contributed by atoms with Crippen molar-refractivity contribution in [2.45, 2.75) is 32.4 Å². The van der Waals surface area contributed by atoms with Crippen LogP contribution in [0.3, 0.4) is 0 Å².